The van der Waals surface area contributed by atoms with Crippen LogP contribution in [0.3, 0.4) is 0 Å². The zero-order valence-corrected chi connectivity index (χ0v) is 12.8. The molecule has 2 N–H and O–H groups in total. The summed E-state index contributed by atoms with van der Waals surface area (Å²) in [4.78, 5) is 6.60. The number of rotatable bonds is 4. The van der Waals surface area contributed by atoms with Gasteiger partial charge in [-0.05, 0) is 42.9 Å². The summed E-state index contributed by atoms with van der Waals surface area (Å²) in [6.07, 6.45) is 3.79. The molecule has 112 valence electrons. The van der Waals surface area contributed by atoms with Crippen molar-refractivity contribution in [2.75, 3.05) is 19.6 Å². The first-order chi connectivity index (χ1) is 9.37. The second-order valence-electron chi connectivity index (χ2n) is 6.91. The highest BCUT2D eigenvalue weighted by Gasteiger charge is 2.28. The second kappa shape index (κ2) is 6.19. The maximum atomic E-state index is 12.9. The number of hydrogen-bond donors (Lipinski definition) is 1. The number of likely N-dealkylation sites (tertiary alicyclic amines) is 1. The minimum Gasteiger partial charge on any atom is -0.322 e. The highest BCUT2D eigenvalue weighted by Crippen LogP contribution is 2.29. The van der Waals surface area contributed by atoms with Gasteiger partial charge in [0.25, 0.3) is 0 Å². The molecule has 1 aromatic rings. The molecule has 4 heteroatoms. The summed E-state index contributed by atoms with van der Waals surface area (Å²) in [5.41, 5.74) is 7.43. The first-order valence-electron chi connectivity index (χ1n) is 7.47. The molecular weight excluding hydrogens is 253 g/mol. The zero-order valence-electron chi connectivity index (χ0n) is 12.8. The summed E-state index contributed by atoms with van der Waals surface area (Å²) in [5.74, 6) is -0.00626. The fourth-order valence-electron chi connectivity index (χ4n) is 3.10. The molecule has 20 heavy (non-hydrogen) atoms. The summed E-state index contributed by atoms with van der Waals surface area (Å²) in [5, 5.41) is 0. The predicted octanol–water partition coefficient (Wildman–Crippen LogP) is 2.98. The monoisotopic (exact) mass is 279 g/mol. The Morgan fingerprint density at radius 1 is 1.45 bits per heavy atom. The van der Waals surface area contributed by atoms with Crippen LogP contribution in [-0.2, 0) is 0 Å². The van der Waals surface area contributed by atoms with Crippen LogP contribution in [0.4, 0.5) is 4.39 Å². The molecule has 2 rings (SSSR count). The molecule has 3 nitrogen and oxygen atoms in total. The van der Waals surface area contributed by atoms with E-state index in [4.69, 9.17) is 5.73 Å². The number of aromatic nitrogens is 1. The highest BCUT2D eigenvalue weighted by molar-refractivity contribution is 5.10. The number of nitrogens with two attached hydrogens (primary N) is 1. The van der Waals surface area contributed by atoms with Gasteiger partial charge in [-0.3, -0.25) is 4.98 Å². The molecule has 1 aliphatic rings. The lowest BCUT2D eigenvalue weighted by molar-refractivity contribution is 0.0996. The van der Waals surface area contributed by atoms with Crippen LogP contribution in [0.15, 0.2) is 18.3 Å². The molecule has 1 aliphatic heterocycles. The molecule has 1 aromatic heterocycles. The maximum Gasteiger partial charge on any atom is 0.141 e. The molecule has 0 bridgehead atoms. The molecule has 0 spiro atoms. The fourth-order valence-corrected chi connectivity index (χ4v) is 3.10. The van der Waals surface area contributed by atoms with Crippen LogP contribution in [0, 0.1) is 17.2 Å². The van der Waals surface area contributed by atoms with Gasteiger partial charge >= 0.3 is 0 Å². The normalized spacial score (nSPS) is 22.4. The lowest BCUT2D eigenvalue weighted by Crippen LogP contribution is -2.43. The average molecular weight is 279 g/mol. The predicted molar refractivity (Wildman–Crippen MR) is 79.7 cm³/mol. The van der Waals surface area contributed by atoms with E-state index in [1.54, 1.807) is 6.07 Å². The maximum absolute atomic E-state index is 12.9. The zero-order chi connectivity index (χ0) is 14.8. The van der Waals surface area contributed by atoms with Crippen molar-refractivity contribution in [3.8, 4) is 0 Å². The number of pyridine rings is 1. The number of nitrogens with zero attached hydrogens (tertiary/aromatic N) is 2. The van der Waals surface area contributed by atoms with E-state index in [1.165, 1.54) is 25.1 Å². The van der Waals surface area contributed by atoms with Crippen LogP contribution in [0.2, 0.25) is 0 Å². The lowest BCUT2D eigenvalue weighted by atomic mass is 9.83. The van der Waals surface area contributed by atoms with Gasteiger partial charge in [-0.25, -0.2) is 4.39 Å². The van der Waals surface area contributed by atoms with Crippen molar-refractivity contribution in [2.45, 2.75) is 39.7 Å². The Balaban J connectivity index is 1.93. The quantitative estimate of drug-likeness (QED) is 0.921. The van der Waals surface area contributed by atoms with Gasteiger partial charge in [-0.15, -0.1) is 0 Å². The largest absolute Gasteiger partial charge is 0.322 e. The third-order valence-corrected chi connectivity index (χ3v) is 4.23. The van der Waals surface area contributed by atoms with E-state index < -0.39 is 0 Å². The van der Waals surface area contributed by atoms with E-state index in [-0.39, 0.29) is 11.9 Å². The van der Waals surface area contributed by atoms with Crippen molar-refractivity contribution >= 4 is 0 Å². The van der Waals surface area contributed by atoms with Crippen LogP contribution in [-0.4, -0.2) is 29.5 Å². The van der Waals surface area contributed by atoms with Crippen LogP contribution in [0.1, 0.15) is 45.3 Å². The minimum absolute atomic E-state index is 0.138. The SMILES string of the molecule is CC(CN1CCCC(C)(C)C1)C(N)c1ccc(F)cn1. The first kappa shape index (κ1) is 15.4. The van der Waals surface area contributed by atoms with Gasteiger partial charge in [-0.1, -0.05) is 20.8 Å². The molecule has 2 atom stereocenters. The van der Waals surface area contributed by atoms with Crippen molar-refractivity contribution in [3.05, 3.63) is 29.8 Å². The number of hydrogen-bond acceptors (Lipinski definition) is 3. The topological polar surface area (TPSA) is 42.1 Å². The van der Waals surface area contributed by atoms with E-state index in [9.17, 15) is 4.39 Å². The Hall–Kier alpha value is -1.00. The van der Waals surface area contributed by atoms with Crippen molar-refractivity contribution in [1.29, 1.82) is 0 Å². The van der Waals surface area contributed by atoms with Crippen molar-refractivity contribution in [2.24, 2.45) is 17.1 Å². The molecule has 0 saturated carbocycles. The van der Waals surface area contributed by atoms with E-state index in [0.29, 0.717) is 11.3 Å². The Morgan fingerprint density at radius 3 is 2.80 bits per heavy atom. The standard InChI is InChI=1S/C16H26FN3/c1-12(10-20-8-4-7-16(2,3)11-20)15(18)14-6-5-13(17)9-19-14/h5-6,9,12,15H,4,7-8,10-11,18H2,1-3H3. The van der Waals surface area contributed by atoms with Crippen LogP contribution < -0.4 is 5.73 Å². The van der Waals surface area contributed by atoms with Crippen LogP contribution in [0.25, 0.3) is 0 Å². The molecule has 1 saturated heterocycles. The van der Waals surface area contributed by atoms with E-state index in [0.717, 1.165) is 25.3 Å². The van der Waals surface area contributed by atoms with Gasteiger partial charge < -0.3 is 10.6 Å². The Bertz CT molecular complexity index is 430. The van der Waals surface area contributed by atoms with Gasteiger partial charge in [0.15, 0.2) is 0 Å². The minimum atomic E-state index is -0.314. The Morgan fingerprint density at radius 2 is 2.20 bits per heavy atom. The molecule has 0 aromatic carbocycles. The third kappa shape index (κ3) is 4.00. The van der Waals surface area contributed by atoms with Gasteiger partial charge in [0.1, 0.15) is 5.82 Å². The van der Waals surface area contributed by atoms with Gasteiger partial charge in [0.05, 0.1) is 17.9 Å². The average Bonchev–Trinajstić information content (AvgIpc) is 2.37. The molecule has 0 aliphatic carbocycles. The van der Waals surface area contributed by atoms with E-state index >= 15 is 0 Å². The van der Waals surface area contributed by atoms with Crippen molar-refractivity contribution in [3.63, 3.8) is 0 Å². The van der Waals surface area contributed by atoms with Crippen LogP contribution in [0.5, 0.6) is 0 Å². The number of halogens is 1. The molecule has 0 amide bonds. The summed E-state index contributed by atoms with van der Waals surface area (Å²) >= 11 is 0. The van der Waals surface area contributed by atoms with Crippen molar-refractivity contribution in [1.82, 2.24) is 9.88 Å². The summed E-state index contributed by atoms with van der Waals surface area (Å²) < 4.78 is 12.9. The Labute approximate surface area is 121 Å². The lowest BCUT2D eigenvalue weighted by Gasteiger charge is -2.39. The van der Waals surface area contributed by atoms with E-state index in [1.807, 2.05) is 0 Å². The third-order valence-electron chi connectivity index (χ3n) is 4.23. The second-order valence-corrected chi connectivity index (χ2v) is 6.91. The molecule has 0 radical (unpaired) electrons. The highest BCUT2D eigenvalue weighted by atomic mass is 19.1. The van der Waals surface area contributed by atoms with E-state index in [2.05, 4.69) is 30.7 Å². The van der Waals surface area contributed by atoms with Gasteiger partial charge in [-0.2, -0.15) is 0 Å². The summed E-state index contributed by atoms with van der Waals surface area (Å²) in [6, 6.07) is 2.98. The number of piperidine rings is 1. The first-order valence-corrected chi connectivity index (χ1v) is 7.47. The molecule has 2 unspecified atom stereocenters. The van der Waals surface area contributed by atoms with Crippen LogP contribution >= 0.6 is 0 Å². The Kier molecular flexibility index (Phi) is 4.76. The summed E-state index contributed by atoms with van der Waals surface area (Å²) in [6.45, 7) is 10.1. The van der Waals surface area contributed by atoms with Gasteiger partial charge in [0.2, 0.25) is 0 Å². The molecule has 2 heterocycles. The fraction of sp³-hybridized carbons (Fsp3) is 0.688. The molecule has 1 fully saturated rings. The van der Waals surface area contributed by atoms with Gasteiger partial charge in [0, 0.05) is 13.1 Å². The smallest absolute Gasteiger partial charge is 0.141 e. The summed E-state index contributed by atoms with van der Waals surface area (Å²) in [7, 11) is 0. The van der Waals surface area contributed by atoms with Crippen molar-refractivity contribution < 1.29 is 4.39 Å². The molecular formula is C16H26FN3.